The third kappa shape index (κ3) is 1.53. The van der Waals surface area contributed by atoms with Crippen LogP contribution in [0.2, 0.25) is 0 Å². The van der Waals surface area contributed by atoms with E-state index < -0.39 is 0 Å². The fraction of sp³-hybridized carbons (Fsp3) is 0.333. The standard InChI is InChI=1S/C9H11N3O/c10-8-5-12(6-8)9(13)7-2-1-3-11-4-7/h1-4,8H,5-6,10H2. The van der Waals surface area contributed by atoms with Crippen LogP contribution in [0, 0.1) is 0 Å². The van der Waals surface area contributed by atoms with Gasteiger partial charge in [-0.15, -0.1) is 0 Å². The normalized spacial score (nSPS) is 16.8. The SMILES string of the molecule is NC1CN(C(=O)c2cccnc2)C1. The van der Waals surface area contributed by atoms with Crippen LogP contribution in [-0.4, -0.2) is 34.9 Å². The summed E-state index contributed by atoms with van der Waals surface area (Å²) in [7, 11) is 0. The van der Waals surface area contributed by atoms with Gasteiger partial charge in [0.05, 0.1) is 5.56 Å². The van der Waals surface area contributed by atoms with Gasteiger partial charge in [0.15, 0.2) is 0 Å². The smallest absolute Gasteiger partial charge is 0.255 e. The number of nitrogens with zero attached hydrogens (tertiary/aromatic N) is 2. The van der Waals surface area contributed by atoms with E-state index in [1.54, 1.807) is 29.4 Å². The van der Waals surface area contributed by atoms with Gasteiger partial charge in [-0.2, -0.15) is 0 Å². The molecule has 2 N–H and O–H groups in total. The van der Waals surface area contributed by atoms with E-state index in [0.29, 0.717) is 18.7 Å². The minimum absolute atomic E-state index is 0.0230. The predicted molar refractivity (Wildman–Crippen MR) is 48.1 cm³/mol. The highest BCUT2D eigenvalue weighted by Crippen LogP contribution is 2.10. The van der Waals surface area contributed by atoms with Crippen molar-refractivity contribution < 1.29 is 4.79 Å². The van der Waals surface area contributed by atoms with Gasteiger partial charge in [0.2, 0.25) is 0 Å². The van der Waals surface area contributed by atoms with Gasteiger partial charge in [-0.05, 0) is 12.1 Å². The molecule has 0 atom stereocenters. The lowest BCUT2D eigenvalue weighted by molar-refractivity contribution is 0.0607. The molecule has 0 unspecified atom stereocenters. The van der Waals surface area contributed by atoms with E-state index in [1.807, 2.05) is 0 Å². The average molecular weight is 177 g/mol. The number of rotatable bonds is 1. The Balaban J connectivity index is 2.06. The molecule has 1 amide bonds. The van der Waals surface area contributed by atoms with Crippen LogP contribution in [0.5, 0.6) is 0 Å². The van der Waals surface area contributed by atoms with Gasteiger partial charge >= 0.3 is 0 Å². The van der Waals surface area contributed by atoms with Crippen LogP contribution in [0.3, 0.4) is 0 Å². The number of carbonyl (C=O) groups is 1. The molecule has 0 bridgehead atoms. The van der Waals surface area contributed by atoms with Crippen molar-refractivity contribution in [1.82, 2.24) is 9.88 Å². The summed E-state index contributed by atoms with van der Waals surface area (Å²) in [5.74, 6) is 0.0230. The summed E-state index contributed by atoms with van der Waals surface area (Å²) in [6.45, 7) is 1.32. The number of nitrogens with two attached hydrogens (primary N) is 1. The van der Waals surface area contributed by atoms with Crippen LogP contribution in [0.4, 0.5) is 0 Å². The van der Waals surface area contributed by atoms with Crippen LogP contribution in [0.1, 0.15) is 10.4 Å². The first-order valence-corrected chi connectivity index (χ1v) is 4.22. The van der Waals surface area contributed by atoms with E-state index in [4.69, 9.17) is 5.73 Å². The third-order valence-electron chi connectivity index (χ3n) is 2.11. The molecule has 2 heterocycles. The van der Waals surface area contributed by atoms with Gasteiger partial charge in [-0.3, -0.25) is 9.78 Å². The Bertz CT molecular complexity index is 306. The molecule has 0 spiro atoms. The second kappa shape index (κ2) is 3.14. The molecule has 1 aliphatic heterocycles. The van der Waals surface area contributed by atoms with Gasteiger partial charge < -0.3 is 10.6 Å². The zero-order valence-electron chi connectivity index (χ0n) is 7.18. The van der Waals surface area contributed by atoms with Gasteiger partial charge in [-0.1, -0.05) is 0 Å². The maximum Gasteiger partial charge on any atom is 0.255 e. The highest BCUT2D eigenvalue weighted by molar-refractivity contribution is 5.94. The number of aromatic nitrogens is 1. The fourth-order valence-corrected chi connectivity index (χ4v) is 1.35. The van der Waals surface area contributed by atoms with Crippen LogP contribution >= 0.6 is 0 Å². The zero-order chi connectivity index (χ0) is 9.26. The largest absolute Gasteiger partial charge is 0.335 e. The van der Waals surface area contributed by atoms with E-state index in [9.17, 15) is 4.79 Å². The molecule has 1 aliphatic rings. The highest BCUT2D eigenvalue weighted by atomic mass is 16.2. The molecule has 4 heteroatoms. The van der Waals surface area contributed by atoms with Crippen LogP contribution < -0.4 is 5.73 Å². The fourth-order valence-electron chi connectivity index (χ4n) is 1.35. The van der Waals surface area contributed by atoms with Crippen molar-refractivity contribution in [3.63, 3.8) is 0 Å². The molecular weight excluding hydrogens is 166 g/mol. The average Bonchev–Trinajstić information content (AvgIpc) is 2.13. The van der Waals surface area contributed by atoms with Gasteiger partial charge in [0.1, 0.15) is 0 Å². The Morgan fingerprint density at radius 3 is 2.92 bits per heavy atom. The molecule has 0 radical (unpaired) electrons. The lowest BCUT2D eigenvalue weighted by atomic mass is 10.1. The maximum atomic E-state index is 11.6. The molecule has 2 rings (SSSR count). The summed E-state index contributed by atoms with van der Waals surface area (Å²) < 4.78 is 0. The van der Waals surface area contributed by atoms with Crippen molar-refractivity contribution in [2.75, 3.05) is 13.1 Å². The van der Waals surface area contributed by atoms with Crippen molar-refractivity contribution in [2.24, 2.45) is 5.73 Å². The zero-order valence-corrected chi connectivity index (χ0v) is 7.18. The summed E-state index contributed by atoms with van der Waals surface area (Å²) in [5.41, 5.74) is 6.21. The number of pyridine rings is 1. The van der Waals surface area contributed by atoms with E-state index in [2.05, 4.69) is 4.98 Å². The van der Waals surface area contributed by atoms with Gasteiger partial charge in [0, 0.05) is 31.5 Å². The van der Waals surface area contributed by atoms with Crippen LogP contribution in [0.15, 0.2) is 24.5 Å². The Labute approximate surface area is 76.4 Å². The molecule has 0 aromatic carbocycles. The van der Waals surface area contributed by atoms with E-state index in [1.165, 1.54) is 0 Å². The molecule has 1 fully saturated rings. The van der Waals surface area contributed by atoms with E-state index in [-0.39, 0.29) is 11.9 Å². The Kier molecular flexibility index (Phi) is 1.98. The summed E-state index contributed by atoms with van der Waals surface area (Å²) in [6, 6.07) is 3.67. The van der Waals surface area contributed by atoms with Crippen LogP contribution in [-0.2, 0) is 0 Å². The van der Waals surface area contributed by atoms with Crippen LogP contribution in [0.25, 0.3) is 0 Å². The minimum Gasteiger partial charge on any atom is -0.335 e. The number of hydrogen-bond acceptors (Lipinski definition) is 3. The van der Waals surface area contributed by atoms with Gasteiger partial charge in [0.25, 0.3) is 5.91 Å². The highest BCUT2D eigenvalue weighted by Gasteiger charge is 2.28. The molecule has 0 aliphatic carbocycles. The predicted octanol–water partition coefficient (Wildman–Crippen LogP) is -0.135. The Morgan fingerprint density at radius 1 is 1.62 bits per heavy atom. The first kappa shape index (κ1) is 8.19. The number of carbonyl (C=O) groups excluding carboxylic acids is 1. The molecule has 0 saturated carbocycles. The molecular formula is C9H11N3O. The number of amides is 1. The quantitative estimate of drug-likeness (QED) is 0.649. The summed E-state index contributed by atoms with van der Waals surface area (Å²) >= 11 is 0. The molecule has 1 aromatic rings. The third-order valence-corrected chi connectivity index (χ3v) is 2.11. The Morgan fingerprint density at radius 2 is 2.38 bits per heavy atom. The molecule has 13 heavy (non-hydrogen) atoms. The lowest BCUT2D eigenvalue weighted by Crippen LogP contribution is -2.57. The summed E-state index contributed by atoms with van der Waals surface area (Å²) in [4.78, 5) is 17.2. The van der Waals surface area contributed by atoms with Crippen molar-refractivity contribution in [1.29, 1.82) is 0 Å². The summed E-state index contributed by atoms with van der Waals surface area (Å²) in [5, 5.41) is 0. The number of likely N-dealkylation sites (tertiary alicyclic amines) is 1. The van der Waals surface area contributed by atoms with Crippen molar-refractivity contribution in [2.45, 2.75) is 6.04 Å². The second-order valence-corrected chi connectivity index (χ2v) is 3.21. The molecule has 68 valence electrons. The molecule has 1 saturated heterocycles. The number of hydrogen-bond donors (Lipinski definition) is 1. The Hall–Kier alpha value is -1.42. The summed E-state index contributed by atoms with van der Waals surface area (Å²) in [6.07, 6.45) is 3.23. The lowest BCUT2D eigenvalue weighted by Gasteiger charge is -2.36. The first-order chi connectivity index (χ1) is 6.27. The van der Waals surface area contributed by atoms with Crippen molar-refractivity contribution in [3.05, 3.63) is 30.1 Å². The molecule has 4 nitrogen and oxygen atoms in total. The first-order valence-electron chi connectivity index (χ1n) is 4.22. The second-order valence-electron chi connectivity index (χ2n) is 3.21. The topological polar surface area (TPSA) is 59.2 Å². The monoisotopic (exact) mass is 177 g/mol. The maximum absolute atomic E-state index is 11.6. The molecule has 1 aromatic heterocycles. The van der Waals surface area contributed by atoms with E-state index >= 15 is 0 Å². The van der Waals surface area contributed by atoms with Gasteiger partial charge in [-0.25, -0.2) is 0 Å². The van der Waals surface area contributed by atoms with Crippen molar-refractivity contribution in [3.8, 4) is 0 Å². The van der Waals surface area contributed by atoms with Crippen molar-refractivity contribution >= 4 is 5.91 Å². The minimum atomic E-state index is 0.0230. The van der Waals surface area contributed by atoms with E-state index in [0.717, 1.165) is 0 Å².